The Hall–Kier alpha value is -7.41. The average Bonchev–Trinajstić information content (AvgIpc) is 3.97. The van der Waals surface area contributed by atoms with Crippen molar-refractivity contribution in [1.82, 2.24) is 15.2 Å². The number of benzene rings is 8. The van der Waals surface area contributed by atoms with Crippen molar-refractivity contribution in [2.24, 2.45) is 4.99 Å². The smallest absolute Gasteiger partial charge is 0.143 e. The van der Waals surface area contributed by atoms with E-state index >= 15 is 0 Å². The second kappa shape index (κ2) is 12.6. The fraction of sp³-hybridized carbons (Fsp3) is 0.0392. The molecule has 0 spiro atoms. The molecule has 3 aromatic heterocycles. The summed E-state index contributed by atoms with van der Waals surface area (Å²) in [4.78, 5) is 5.13. The number of nitrogens with zero attached hydrogens (tertiary/aromatic N) is 2. The first kappa shape index (κ1) is 31.9. The molecule has 0 saturated heterocycles. The summed E-state index contributed by atoms with van der Waals surface area (Å²) < 4.78 is 16.1. The van der Waals surface area contributed by atoms with E-state index in [0.717, 1.165) is 83.2 Å². The Labute approximate surface area is 327 Å². The van der Waals surface area contributed by atoms with Gasteiger partial charge in [0.25, 0.3) is 0 Å². The van der Waals surface area contributed by atoms with Crippen molar-refractivity contribution in [3.63, 3.8) is 0 Å². The molecule has 270 valence electrons. The first-order valence-corrected chi connectivity index (χ1v) is 19.4. The third kappa shape index (κ3) is 4.91. The van der Waals surface area contributed by atoms with Crippen molar-refractivity contribution >= 4 is 71.5 Å². The monoisotopic (exact) mass is 734 g/mol. The minimum absolute atomic E-state index is 0.249. The molecule has 8 aromatic carbocycles. The minimum atomic E-state index is -0.270. The molecule has 0 bridgehead atoms. The first-order valence-electron chi connectivity index (χ1n) is 19.4. The first-order chi connectivity index (χ1) is 28.3. The Morgan fingerprint density at radius 3 is 1.82 bits per heavy atom. The molecule has 12 rings (SSSR count). The number of fused-ring (bicyclic) bond motifs is 9. The molecule has 1 aliphatic heterocycles. The number of furan rings is 2. The summed E-state index contributed by atoms with van der Waals surface area (Å²) in [6.45, 7) is 0. The van der Waals surface area contributed by atoms with Crippen LogP contribution >= 0.6 is 0 Å². The molecule has 0 aliphatic carbocycles. The average molecular weight is 735 g/mol. The van der Waals surface area contributed by atoms with Crippen LogP contribution in [0.1, 0.15) is 29.0 Å². The Morgan fingerprint density at radius 2 is 1.05 bits per heavy atom. The maximum atomic E-state index is 6.89. The van der Waals surface area contributed by atoms with Gasteiger partial charge in [-0.1, -0.05) is 152 Å². The fourth-order valence-corrected chi connectivity index (χ4v) is 9.00. The molecule has 6 heteroatoms. The molecule has 11 aromatic rings. The summed E-state index contributed by atoms with van der Waals surface area (Å²) in [5.74, 6) is 0.832. The van der Waals surface area contributed by atoms with Gasteiger partial charge in [0.15, 0.2) is 0 Å². The van der Waals surface area contributed by atoms with E-state index in [4.69, 9.17) is 13.8 Å². The van der Waals surface area contributed by atoms with E-state index in [2.05, 4.69) is 173 Å². The van der Waals surface area contributed by atoms with Crippen molar-refractivity contribution in [3.05, 3.63) is 199 Å². The molecule has 2 atom stereocenters. The number of nitrogens with one attached hydrogen (secondary N) is 2. The number of hydrogen-bond acceptors (Lipinski definition) is 5. The highest BCUT2D eigenvalue weighted by Gasteiger charge is 2.29. The zero-order chi connectivity index (χ0) is 37.5. The minimum Gasteiger partial charge on any atom is -0.456 e. The summed E-state index contributed by atoms with van der Waals surface area (Å²) in [6, 6.07) is 63.6. The third-order valence-corrected chi connectivity index (χ3v) is 11.5. The predicted molar refractivity (Wildman–Crippen MR) is 232 cm³/mol. The largest absolute Gasteiger partial charge is 0.456 e. The summed E-state index contributed by atoms with van der Waals surface area (Å²) in [5.41, 5.74) is 12.0. The second-order valence-electron chi connectivity index (χ2n) is 14.7. The van der Waals surface area contributed by atoms with Crippen molar-refractivity contribution in [3.8, 4) is 16.8 Å². The van der Waals surface area contributed by atoms with Crippen LogP contribution in [0.3, 0.4) is 0 Å². The normalized spacial score (nSPS) is 15.9. The Morgan fingerprint density at radius 1 is 0.474 bits per heavy atom. The zero-order valence-electron chi connectivity index (χ0n) is 30.7. The van der Waals surface area contributed by atoms with Gasteiger partial charge in [-0.15, -0.1) is 0 Å². The molecule has 6 nitrogen and oxygen atoms in total. The van der Waals surface area contributed by atoms with Gasteiger partial charge in [0.2, 0.25) is 0 Å². The highest BCUT2D eigenvalue weighted by Crippen LogP contribution is 2.45. The van der Waals surface area contributed by atoms with E-state index in [0.29, 0.717) is 0 Å². The van der Waals surface area contributed by atoms with Gasteiger partial charge in [0.1, 0.15) is 40.5 Å². The summed E-state index contributed by atoms with van der Waals surface area (Å²) >= 11 is 0. The molecule has 0 fully saturated rings. The molecular formula is C51H34N4O2. The highest BCUT2D eigenvalue weighted by atomic mass is 16.3. The number of amidine groups is 1. The number of aliphatic imine (C=N–C) groups is 1. The van der Waals surface area contributed by atoms with Crippen LogP contribution in [0.15, 0.2) is 196 Å². The van der Waals surface area contributed by atoms with Gasteiger partial charge in [-0.05, 0) is 41.5 Å². The number of aromatic nitrogens is 1. The molecule has 0 saturated carbocycles. The molecule has 0 amide bonds. The van der Waals surface area contributed by atoms with Crippen LogP contribution in [0, 0.1) is 0 Å². The zero-order valence-corrected chi connectivity index (χ0v) is 30.7. The lowest BCUT2D eigenvalue weighted by Crippen LogP contribution is -2.45. The predicted octanol–water partition coefficient (Wildman–Crippen LogP) is 12.6. The van der Waals surface area contributed by atoms with Gasteiger partial charge in [-0.25, -0.2) is 4.99 Å². The van der Waals surface area contributed by atoms with E-state index in [9.17, 15) is 0 Å². The van der Waals surface area contributed by atoms with Gasteiger partial charge in [0, 0.05) is 43.6 Å². The van der Waals surface area contributed by atoms with Gasteiger partial charge in [-0.2, -0.15) is 0 Å². The number of hydrogen-bond donors (Lipinski definition) is 2. The fourth-order valence-electron chi connectivity index (χ4n) is 9.00. The van der Waals surface area contributed by atoms with Crippen LogP contribution in [0.5, 0.6) is 0 Å². The van der Waals surface area contributed by atoms with Gasteiger partial charge in [0.05, 0.1) is 22.1 Å². The molecule has 4 heterocycles. The van der Waals surface area contributed by atoms with Gasteiger partial charge >= 0.3 is 0 Å². The van der Waals surface area contributed by atoms with Crippen molar-refractivity contribution in [2.75, 3.05) is 0 Å². The van der Waals surface area contributed by atoms with Crippen molar-refractivity contribution < 1.29 is 8.83 Å². The second-order valence-corrected chi connectivity index (χ2v) is 14.7. The molecule has 0 radical (unpaired) electrons. The summed E-state index contributed by atoms with van der Waals surface area (Å²) in [5, 5.41) is 14.2. The van der Waals surface area contributed by atoms with Gasteiger partial charge in [-0.3, -0.25) is 5.32 Å². The van der Waals surface area contributed by atoms with E-state index in [-0.39, 0.29) is 12.3 Å². The summed E-state index contributed by atoms with van der Waals surface area (Å²) in [6.07, 6.45) is -0.519. The maximum Gasteiger partial charge on any atom is 0.143 e. The van der Waals surface area contributed by atoms with Crippen molar-refractivity contribution in [2.45, 2.75) is 12.3 Å². The maximum absolute atomic E-state index is 6.89. The van der Waals surface area contributed by atoms with Crippen LogP contribution in [0.25, 0.3) is 82.5 Å². The lowest BCUT2D eigenvalue weighted by molar-refractivity contribution is 0.408. The van der Waals surface area contributed by atoms with Crippen LogP contribution in [0.4, 0.5) is 0 Å². The van der Waals surface area contributed by atoms with E-state index in [1.165, 1.54) is 21.8 Å². The topological polar surface area (TPSA) is 67.6 Å². The summed E-state index contributed by atoms with van der Waals surface area (Å²) in [7, 11) is 0. The van der Waals surface area contributed by atoms with E-state index in [1.807, 2.05) is 24.3 Å². The van der Waals surface area contributed by atoms with Crippen LogP contribution in [-0.2, 0) is 0 Å². The third-order valence-electron chi connectivity index (χ3n) is 11.5. The van der Waals surface area contributed by atoms with Crippen LogP contribution in [0.2, 0.25) is 0 Å². The van der Waals surface area contributed by atoms with E-state index < -0.39 is 0 Å². The van der Waals surface area contributed by atoms with Crippen LogP contribution < -0.4 is 10.6 Å². The Balaban J connectivity index is 1.03. The van der Waals surface area contributed by atoms with E-state index in [1.54, 1.807) is 0 Å². The molecule has 57 heavy (non-hydrogen) atoms. The highest BCUT2D eigenvalue weighted by molar-refractivity contribution is 6.20. The molecule has 2 N–H and O–H groups in total. The van der Waals surface area contributed by atoms with Crippen molar-refractivity contribution in [1.29, 1.82) is 0 Å². The Kier molecular flexibility index (Phi) is 7.03. The Bertz CT molecular complexity index is 3320. The lowest BCUT2D eigenvalue weighted by atomic mass is 9.96. The van der Waals surface area contributed by atoms with Crippen LogP contribution in [-0.4, -0.2) is 10.4 Å². The quantitative estimate of drug-likeness (QED) is 0.185. The number of rotatable bonds is 5. The molecular weight excluding hydrogens is 701 g/mol. The molecule has 1 aliphatic rings. The number of para-hydroxylation sites is 4. The molecule has 2 unspecified atom stereocenters. The standard InChI is InChI=1S/C51H34N4O2/c1-3-15-31(16-4-1)49-52-50(32-17-5-2-6-18-32)54-51(53-49)39-25-12-23-37-45-35(21-13-29-43(45)56-48(37)39)36-22-11-24-38-46-42(28-14-30-44(46)57-47(36)38)55-40-26-9-7-19-33(40)34-20-8-10-27-41(34)55/h1-30,49,51,53H,(H,52,54). The SMILES string of the molecule is c1ccc(C2=NC(c3ccccc3)NC(c3cccc4c3oc3cccc(-c5cccc6c5oc5cccc(-n7c8ccccc8c8ccccc87)c56)c34)N2)cc1. The lowest BCUT2D eigenvalue weighted by Gasteiger charge is -2.32. The van der Waals surface area contributed by atoms with Gasteiger partial charge < -0.3 is 18.7 Å².